The van der Waals surface area contributed by atoms with Crippen molar-refractivity contribution >= 4 is 49.1 Å². The van der Waals surface area contributed by atoms with Crippen molar-refractivity contribution in [2.75, 3.05) is 6.26 Å². The van der Waals surface area contributed by atoms with Crippen molar-refractivity contribution < 1.29 is 0 Å². The third-order valence-corrected chi connectivity index (χ3v) is 5.29. The van der Waals surface area contributed by atoms with Gasteiger partial charge in [-0.15, -0.1) is 23.1 Å². The first-order chi connectivity index (χ1) is 8.78. The van der Waals surface area contributed by atoms with E-state index in [1.165, 1.54) is 25.4 Å². The zero-order chi connectivity index (χ0) is 12.5. The summed E-state index contributed by atoms with van der Waals surface area (Å²) in [6, 6.07) is 17.3. The summed E-state index contributed by atoms with van der Waals surface area (Å²) in [6.45, 7) is 0. The number of thioether (sulfide) groups is 1. The van der Waals surface area contributed by atoms with Gasteiger partial charge in [0, 0.05) is 24.5 Å². The molecule has 18 heavy (non-hydrogen) atoms. The largest absolute Gasteiger partial charge is 0.135 e. The minimum absolute atomic E-state index is 1.13. The molecule has 0 saturated carbocycles. The Balaban J connectivity index is 2.22. The Hall–Kier alpha value is -0.770. The molecule has 1 aromatic heterocycles. The minimum atomic E-state index is 1.13. The minimum Gasteiger partial charge on any atom is -0.135 e. The number of rotatable bonds is 2. The quantitative estimate of drug-likeness (QED) is 0.514. The molecule has 0 amide bonds. The fourth-order valence-electron chi connectivity index (χ4n) is 1.99. The lowest BCUT2D eigenvalue weighted by Crippen LogP contribution is -1.78. The second kappa shape index (κ2) is 5.08. The number of hydrogen-bond acceptors (Lipinski definition) is 2. The summed E-state index contributed by atoms with van der Waals surface area (Å²) in [6.07, 6.45) is 2.13. The average Bonchev–Trinajstić information content (AvgIpc) is 2.82. The van der Waals surface area contributed by atoms with Gasteiger partial charge in [-0.25, -0.2) is 0 Å². The van der Waals surface area contributed by atoms with E-state index >= 15 is 0 Å². The second-order valence-corrected chi connectivity index (χ2v) is 6.84. The molecule has 0 unspecified atom stereocenters. The van der Waals surface area contributed by atoms with Crippen LogP contribution in [0.2, 0.25) is 0 Å². The standard InChI is InChI=1S/C15H11BrS2/c1-17-14-7-6-11(16)9-12(14)15-8-10-4-2-3-5-13(10)18-15/h2-9H,1H3. The van der Waals surface area contributed by atoms with E-state index in [9.17, 15) is 0 Å². The van der Waals surface area contributed by atoms with Crippen molar-refractivity contribution in [3.63, 3.8) is 0 Å². The number of hydrogen-bond donors (Lipinski definition) is 0. The van der Waals surface area contributed by atoms with E-state index in [2.05, 4.69) is 70.7 Å². The molecular weight excluding hydrogens is 324 g/mol. The smallest absolute Gasteiger partial charge is 0.0366 e. The summed E-state index contributed by atoms with van der Waals surface area (Å²) >= 11 is 7.21. The molecule has 0 atom stereocenters. The predicted molar refractivity (Wildman–Crippen MR) is 86.7 cm³/mol. The van der Waals surface area contributed by atoms with Crippen LogP contribution < -0.4 is 0 Å². The first-order valence-corrected chi connectivity index (χ1v) is 8.44. The van der Waals surface area contributed by atoms with Crippen molar-refractivity contribution in [3.05, 3.63) is 53.0 Å². The Morgan fingerprint density at radius 1 is 1.06 bits per heavy atom. The first-order valence-electron chi connectivity index (χ1n) is 5.60. The van der Waals surface area contributed by atoms with Crippen LogP contribution in [0.4, 0.5) is 0 Å². The molecule has 1 heterocycles. The second-order valence-electron chi connectivity index (χ2n) is 3.99. The van der Waals surface area contributed by atoms with E-state index < -0.39 is 0 Å². The molecule has 0 aliphatic heterocycles. The Morgan fingerprint density at radius 3 is 2.67 bits per heavy atom. The van der Waals surface area contributed by atoms with Crippen LogP contribution in [0.5, 0.6) is 0 Å². The molecule has 0 saturated heterocycles. The molecule has 0 spiro atoms. The van der Waals surface area contributed by atoms with Crippen LogP contribution in [0.15, 0.2) is 57.9 Å². The lowest BCUT2D eigenvalue weighted by molar-refractivity contribution is 1.45. The van der Waals surface area contributed by atoms with E-state index in [4.69, 9.17) is 0 Å². The molecule has 90 valence electrons. The highest BCUT2D eigenvalue weighted by Gasteiger charge is 2.08. The molecule has 3 aromatic rings. The van der Waals surface area contributed by atoms with Crippen molar-refractivity contribution in [2.45, 2.75) is 4.90 Å². The topological polar surface area (TPSA) is 0 Å². The third kappa shape index (κ3) is 2.22. The zero-order valence-electron chi connectivity index (χ0n) is 9.81. The number of benzene rings is 2. The van der Waals surface area contributed by atoms with Gasteiger partial charge in [0.15, 0.2) is 0 Å². The van der Waals surface area contributed by atoms with Gasteiger partial charge in [0.2, 0.25) is 0 Å². The maximum atomic E-state index is 3.56. The summed E-state index contributed by atoms with van der Waals surface area (Å²) in [5.41, 5.74) is 1.32. The van der Waals surface area contributed by atoms with E-state index in [1.54, 1.807) is 11.8 Å². The SMILES string of the molecule is CSc1ccc(Br)cc1-c1cc2ccccc2s1. The summed E-state index contributed by atoms with van der Waals surface area (Å²) in [4.78, 5) is 2.66. The molecule has 0 nitrogen and oxygen atoms in total. The molecule has 0 aliphatic carbocycles. The Labute approximate surface area is 123 Å². The Morgan fingerprint density at radius 2 is 1.89 bits per heavy atom. The van der Waals surface area contributed by atoms with Crippen LogP contribution in [-0.2, 0) is 0 Å². The van der Waals surface area contributed by atoms with E-state index in [-0.39, 0.29) is 0 Å². The van der Waals surface area contributed by atoms with Gasteiger partial charge in [0.05, 0.1) is 0 Å². The fourth-order valence-corrected chi connectivity index (χ4v) is 4.10. The van der Waals surface area contributed by atoms with Gasteiger partial charge in [-0.3, -0.25) is 0 Å². The molecule has 3 rings (SSSR count). The van der Waals surface area contributed by atoms with Crippen molar-refractivity contribution in [1.29, 1.82) is 0 Å². The van der Waals surface area contributed by atoms with Gasteiger partial charge in [-0.05, 0) is 42.0 Å². The monoisotopic (exact) mass is 334 g/mol. The van der Waals surface area contributed by atoms with Gasteiger partial charge in [-0.1, -0.05) is 34.1 Å². The summed E-state index contributed by atoms with van der Waals surface area (Å²) in [7, 11) is 0. The fraction of sp³-hybridized carbons (Fsp3) is 0.0667. The van der Waals surface area contributed by atoms with Crippen LogP contribution in [0, 0.1) is 0 Å². The maximum absolute atomic E-state index is 3.56. The first kappa shape index (κ1) is 12.3. The lowest BCUT2D eigenvalue weighted by Gasteiger charge is -2.05. The molecule has 2 aromatic carbocycles. The maximum Gasteiger partial charge on any atom is 0.0366 e. The number of halogens is 1. The van der Waals surface area contributed by atoms with Gasteiger partial charge < -0.3 is 0 Å². The molecule has 3 heteroatoms. The highest BCUT2D eigenvalue weighted by molar-refractivity contribution is 9.10. The summed E-state index contributed by atoms with van der Waals surface area (Å²) < 4.78 is 2.48. The average molecular weight is 335 g/mol. The molecule has 0 bridgehead atoms. The van der Waals surface area contributed by atoms with Crippen molar-refractivity contribution in [2.24, 2.45) is 0 Å². The van der Waals surface area contributed by atoms with Crippen LogP contribution in [0.3, 0.4) is 0 Å². The Kier molecular flexibility index (Phi) is 3.46. The zero-order valence-corrected chi connectivity index (χ0v) is 13.0. The van der Waals surface area contributed by atoms with Crippen LogP contribution in [0.25, 0.3) is 20.5 Å². The molecule has 0 N–H and O–H groups in total. The number of thiophene rings is 1. The summed E-state index contributed by atoms with van der Waals surface area (Å²) in [5, 5.41) is 1.32. The van der Waals surface area contributed by atoms with Crippen LogP contribution in [0.1, 0.15) is 0 Å². The van der Waals surface area contributed by atoms with Crippen LogP contribution >= 0.6 is 39.0 Å². The molecule has 0 aliphatic rings. The van der Waals surface area contributed by atoms with Gasteiger partial charge >= 0.3 is 0 Å². The lowest BCUT2D eigenvalue weighted by atomic mass is 10.1. The normalized spacial score (nSPS) is 11.0. The molecule has 0 radical (unpaired) electrons. The molecule has 0 fully saturated rings. The van der Waals surface area contributed by atoms with Gasteiger partial charge in [0.1, 0.15) is 0 Å². The van der Waals surface area contributed by atoms with Crippen LogP contribution in [-0.4, -0.2) is 6.26 Å². The highest BCUT2D eigenvalue weighted by Crippen LogP contribution is 2.39. The van der Waals surface area contributed by atoms with Crippen molar-refractivity contribution in [3.8, 4) is 10.4 Å². The van der Waals surface area contributed by atoms with E-state index in [1.807, 2.05) is 11.3 Å². The van der Waals surface area contributed by atoms with Gasteiger partial charge in [-0.2, -0.15) is 0 Å². The van der Waals surface area contributed by atoms with Gasteiger partial charge in [0.25, 0.3) is 0 Å². The summed E-state index contributed by atoms with van der Waals surface area (Å²) in [5.74, 6) is 0. The predicted octanol–water partition coefficient (Wildman–Crippen LogP) is 6.05. The van der Waals surface area contributed by atoms with E-state index in [0.29, 0.717) is 0 Å². The number of fused-ring (bicyclic) bond motifs is 1. The van der Waals surface area contributed by atoms with Crippen molar-refractivity contribution in [1.82, 2.24) is 0 Å². The molecular formula is C15H11BrS2. The highest BCUT2D eigenvalue weighted by atomic mass is 79.9. The Bertz CT molecular complexity index is 668. The third-order valence-electron chi connectivity index (χ3n) is 2.85. The van der Waals surface area contributed by atoms with E-state index in [0.717, 1.165) is 4.47 Å².